The molecule has 0 saturated carbocycles. The number of aromatic nitrogens is 4. The van der Waals surface area contributed by atoms with E-state index in [0.717, 1.165) is 11.3 Å². The van der Waals surface area contributed by atoms with Gasteiger partial charge in [-0.25, -0.2) is 14.4 Å². The molecular formula is C24H20ClFN4O2S. The van der Waals surface area contributed by atoms with E-state index in [2.05, 4.69) is 27.7 Å². The third kappa shape index (κ3) is 4.77. The number of pyridine rings is 2. The van der Waals surface area contributed by atoms with Crippen molar-refractivity contribution in [1.29, 1.82) is 0 Å². The lowest BCUT2D eigenvalue weighted by Gasteiger charge is -2.13. The lowest BCUT2D eigenvalue weighted by Crippen LogP contribution is -2.19. The van der Waals surface area contributed by atoms with Crippen LogP contribution in [-0.2, 0) is 6.54 Å². The molecule has 0 aliphatic heterocycles. The number of aryl methyl sites for hydroxylation is 2. The highest BCUT2D eigenvalue weighted by Crippen LogP contribution is 2.21. The van der Waals surface area contributed by atoms with Gasteiger partial charge in [0.1, 0.15) is 17.0 Å². The summed E-state index contributed by atoms with van der Waals surface area (Å²) in [5, 5.41) is 4.83. The van der Waals surface area contributed by atoms with Gasteiger partial charge in [-0.2, -0.15) is 5.10 Å². The van der Waals surface area contributed by atoms with E-state index in [1.54, 1.807) is 41.2 Å². The van der Waals surface area contributed by atoms with E-state index in [1.807, 2.05) is 19.9 Å². The number of hydrogen-bond donors (Lipinski definition) is 1. The number of thiol groups is 1. The number of methoxy groups -OCH3 is 1. The zero-order chi connectivity index (χ0) is 23.7. The van der Waals surface area contributed by atoms with Crippen LogP contribution in [0.2, 0.25) is 5.02 Å². The van der Waals surface area contributed by atoms with E-state index in [4.69, 9.17) is 16.3 Å². The highest BCUT2D eigenvalue weighted by molar-refractivity contribution is 7.80. The Morgan fingerprint density at radius 3 is 2.73 bits per heavy atom. The molecule has 33 heavy (non-hydrogen) atoms. The number of nitrogens with zero attached hydrogens (tertiary/aromatic N) is 4. The molecule has 9 heteroatoms. The molecule has 4 aromatic rings. The molecule has 0 aliphatic rings. The van der Waals surface area contributed by atoms with Crippen molar-refractivity contribution in [3.63, 3.8) is 0 Å². The molecule has 168 valence electrons. The lowest BCUT2D eigenvalue weighted by atomic mass is 10.1. The second-order valence-corrected chi connectivity index (χ2v) is 8.40. The molecule has 0 saturated heterocycles. The highest BCUT2D eigenvalue weighted by atomic mass is 35.5. The van der Waals surface area contributed by atoms with Crippen LogP contribution < -0.4 is 10.2 Å². The van der Waals surface area contributed by atoms with Crippen molar-refractivity contribution in [1.82, 2.24) is 19.7 Å². The fourth-order valence-electron chi connectivity index (χ4n) is 3.30. The predicted octanol–water partition coefficient (Wildman–Crippen LogP) is 5.11. The van der Waals surface area contributed by atoms with Crippen molar-refractivity contribution in [3.8, 4) is 5.88 Å². The second kappa shape index (κ2) is 9.33. The first-order chi connectivity index (χ1) is 15.8. The number of rotatable bonds is 5. The summed E-state index contributed by atoms with van der Waals surface area (Å²) < 4.78 is 21.2. The minimum atomic E-state index is -0.450. The molecule has 0 bridgehead atoms. The fourth-order valence-corrected chi connectivity index (χ4v) is 3.66. The Kier molecular flexibility index (Phi) is 6.49. The summed E-state index contributed by atoms with van der Waals surface area (Å²) in [4.78, 5) is 22.4. The minimum absolute atomic E-state index is 0.103. The molecule has 0 unspecified atom stereocenters. The largest absolute Gasteiger partial charge is 0.481 e. The van der Waals surface area contributed by atoms with Gasteiger partial charge in [-0.3, -0.25) is 9.48 Å². The van der Waals surface area contributed by atoms with E-state index in [-0.39, 0.29) is 23.2 Å². The number of halogens is 2. The first-order valence-corrected chi connectivity index (χ1v) is 10.8. The fraction of sp³-hybridized carbons (Fsp3) is 0.167. The van der Waals surface area contributed by atoms with E-state index < -0.39 is 5.82 Å². The zero-order valence-corrected chi connectivity index (χ0v) is 19.8. The van der Waals surface area contributed by atoms with Crippen molar-refractivity contribution < 1.29 is 9.13 Å². The van der Waals surface area contributed by atoms with Crippen LogP contribution in [0.4, 0.5) is 4.39 Å². The van der Waals surface area contributed by atoms with Gasteiger partial charge in [0.15, 0.2) is 0 Å². The predicted molar refractivity (Wildman–Crippen MR) is 131 cm³/mol. The Labute approximate surface area is 200 Å². The molecule has 0 spiro atoms. The minimum Gasteiger partial charge on any atom is -0.481 e. The van der Waals surface area contributed by atoms with Crippen LogP contribution >= 0.6 is 24.2 Å². The topological polar surface area (TPSA) is 69.9 Å². The first kappa shape index (κ1) is 22.9. The van der Waals surface area contributed by atoms with Crippen molar-refractivity contribution in [2.75, 3.05) is 7.11 Å². The Hall–Kier alpha value is -3.23. The van der Waals surface area contributed by atoms with Crippen molar-refractivity contribution in [2.24, 2.45) is 0 Å². The molecule has 0 amide bonds. The highest BCUT2D eigenvalue weighted by Gasteiger charge is 2.14. The maximum absolute atomic E-state index is 14.5. The molecule has 0 N–H and O–H groups in total. The Morgan fingerprint density at radius 1 is 1.21 bits per heavy atom. The van der Waals surface area contributed by atoms with Gasteiger partial charge in [0.2, 0.25) is 11.3 Å². The van der Waals surface area contributed by atoms with E-state index in [1.165, 1.54) is 13.2 Å². The standard InChI is InChI=1S/C24H20ClFN4O2S/c1-13-8-20-23(28-14(13)2)24(31)19(7-5-15-9-22(32-3)27-11-21(15)33)29-30(20)12-16-4-6-17(25)10-18(16)26/h4-11,33H,12H2,1-3H3/b7-5+. The van der Waals surface area contributed by atoms with Gasteiger partial charge in [0.05, 0.1) is 19.2 Å². The zero-order valence-electron chi connectivity index (χ0n) is 18.1. The molecule has 6 nitrogen and oxygen atoms in total. The van der Waals surface area contributed by atoms with Crippen molar-refractivity contribution >= 4 is 47.4 Å². The van der Waals surface area contributed by atoms with Crippen LogP contribution in [0.15, 0.2) is 46.2 Å². The molecule has 0 radical (unpaired) electrons. The number of fused-ring (bicyclic) bond motifs is 1. The van der Waals surface area contributed by atoms with Gasteiger partial charge in [-0.15, -0.1) is 12.6 Å². The van der Waals surface area contributed by atoms with Crippen molar-refractivity contribution in [3.05, 3.63) is 85.7 Å². The lowest BCUT2D eigenvalue weighted by molar-refractivity contribution is 0.397. The van der Waals surface area contributed by atoms with Crippen molar-refractivity contribution in [2.45, 2.75) is 25.3 Å². The normalized spacial score (nSPS) is 11.5. The first-order valence-electron chi connectivity index (χ1n) is 10.0. The molecule has 0 atom stereocenters. The summed E-state index contributed by atoms with van der Waals surface area (Å²) in [6.07, 6.45) is 4.85. The number of ether oxygens (including phenoxy) is 1. The van der Waals surface area contributed by atoms with Gasteiger partial charge in [-0.1, -0.05) is 23.7 Å². The molecule has 1 aromatic carbocycles. The smallest absolute Gasteiger partial charge is 0.233 e. The summed E-state index contributed by atoms with van der Waals surface area (Å²) in [6.45, 7) is 3.84. The molecule has 3 aromatic heterocycles. The maximum Gasteiger partial charge on any atom is 0.233 e. The maximum atomic E-state index is 14.5. The summed E-state index contributed by atoms with van der Waals surface area (Å²) in [5.74, 6) is -0.0315. The molecule has 0 fully saturated rings. The third-order valence-corrected chi connectivity index (χ3v) is 5.86. The van der Waals surface area contributed by atoms with Gasteiger partial charge in [0.25, 0.3) is 0 Å². The summed E-state index contributed by atoms with van der Waals surface area (Å²) in [7, 11) is 1.52. The van der Waals surface area contributed by atoms with Gasteiger partial charge in [-0.05, 0) is 49.2 Å². The van der Waals surface area contributed by atoms with E-state index in [9.17, 15) is 9.18 Å². The third-order valence-electron chi connectivity index (χ3n) is 5.25. The van der Waals surface area contributed by atoms with Crippen LogP contribution in [-0.4, -0.2) is 26.9 Å². The average Bonchev–Trinajstić information content (AvgIpc) is 2.78. The van der Waals surface area contributed by atoms with Crippen LogP contribution in [0.1, 0.15) is 28.1 Å². The Balaban J connectivity index is 1.88. The van der Waals surface area contributed by atoms with Gasteiger partial charge < -0.3 is 4.74 Å². The Bertz CT molecular complexity index is 1470. The Morgan fingerprint density at radius 2 is 2.00 bits per heavy atom. The summed E-state index contributed by atoms with van der Waals surface area (Å²) in [6, 6.07) is 8.01. The summed E-state index contributed by atoms with van der Waals surface area (Å²) in [5.41, 5.74) is 3.37. The SMILES string of the molecule is COc1cc(/C=C/c2nn(Cc3ccc(Cl)cc3F)c3cc(C)c(C)nc3c2=O)c(S)cn1. The average molecular weight is 483 g/mol. The van der Waals surface area contributed by atoms with Crippen LogP contribution in [0.25, 0.3) is 23.2 Å². The monoisotopic (exact) mass is 482 g/mol. The van der Waals surface area contributed by atoms with Crippen LogP contribution in [0.5, 0.6) is 5.88 Å². The van der Waals surface area contributed by atoms with E-state index in [0.29, 0.717) is 32.4 Å². The second-order valence-electron chi connectivity index (χ2n) is 7.48. The van der Waals surface area contributed by atoms with Gasteiger partial charge >= 0.3 is 0 Å². The molecular weight excluding hydrogens is 463 g/mol. The molecule has 4 rings (SSSR count). The summed E-state index contributed by atoms with van der Waals surface area (Å²) >= 11 is 10.3. The van der Waals surface area contributed by atoms with Crippen LogP contribution in [0, 0.1) is 19.7 Å². The number of hydrogen-bond acceptors (Lipinski definition) is 6. The van der Waals surface area contributed by atoms with Crippen LogP contribution in [0.3, 0.4) is 0 Å². The number of benzene rings is 1. The quantitative estimate of drug-likeness (QED) is 0.400. The molecule has 0 aliphatic carbocycles. The molecule has 3 heterocycles. The van der Waals surface area contributed by atoms with E-state index >= 15 is 0 Å². The van der Waals surface area contributed by atoms with Gasteiger partial charge in [0, 0.05) is 33.4 Å².